The highest BCUT2D eigenvalue weighted by Gasteiger charge is 2.39. The summed E-state index contributed by atoms with van der Waals surface area (Å²) in [7, 11) is 0. The van der Waals surface area contributed by atoms with E-state index in [2.05, 4.69) is 21.7 Å². The van der Waals surface area contributed by atoms with Gasteiger partial charge in [0.2, 0.25) is 0 Å². The molecule has 0 radical (unpaired) electrons. The van der Waals surface area contributed by atoms with Gasteiger partial charge in [-0.2, -0.15) is 0 Å². The molecule has 0 bridgehead atoms. The van der Waals surface area contributed by atoms with Crippen molar-refractivity contribution in [1.29, 1.82) is 0 Å². The van der Waals surface area contributed by atoms with Crippen LogP contribution in [-0.4, -0.2) is 11.8 Å². The number of nitrogens with one attached hydrogen (secondary N) is 4. The second-order valence-corrected chi connectivity index (χ2v) is 10.9. The topological polar surface area (TPSA) is 82.3 Å². The maximum Gasteiger partial charge on any atom is 0.324 e. The van der Waals surface area contributed by atoms with Crippen LogP contribution in [0.3, 0.4) is 0 Å². The van der Waals surface area contributed by atoms with Crippen LogP contribution < -0.4 is 21.7 Å². The van der Waals surface area contributed by atoms with Crippen LogP contribution in [0.5, 0.6) is 0 Å². The third-order valence-corrected chi connectivity index (χ3v) is 8.17. The maximum atomic E-state index is 13.6. The predicted octanol–water partition coefficient (Wildman–Crippen LogP) is 6.21. The fraction of sp³-hybridized carbons (Fsp3) is 0.0500. The van der Waals surface area contributed by atoms with Crippen molar-refractivity contribution in [3.05, 3.63) is 215 Å². The molecule has 6 rings (SSSR count). The highest BCUT2D eigenvalue weighted by atomic mass is 16.2. The van der Waals surface area contributed by atoms with Gasteiger partial charge in [-0.25, -0.2) is 10.9 Å². The first-order valence-corrected chi connectivity index (χ1v) is 15.1. The Balaban J connectivity index is 1.32. The third kappa shape index (κ3) is 5.95. The zero-order valence-electron chi connectivity index (χ0n) is 25.1. The molecule has 0 aliphatic carbocycles. The Kier molecular flexibility index (Phi) is 9.11. The van der Waals surface area contributed by atoms with Crippen LogP contribution in [-0.2, 0) is 20.7 Å². The van der Waals surface area contributed by atoms with Crippen LogP contribution in [0.4, 0.5) is 0 Å². The van der Waals surface area contributed by atoms with E-state index in [0.717, 1.165) is 33.4 Å². The Morgan fingerprint density at radius 2 is 0.478 bits per heavy atom. The number of hydrazine groups is 2. The summed E-state index contributed by atoms with van der Waals surface area (Å²) < 4.78 is 0. The van der Waals surface area contributed by atoms with Crippen LogP contribution in [0.25, 0.3) is 0 Å². The van der Waals surface area contributed by atoms with Gasteiger partial charge in [0.15, 0.2) is 0 Å². The molecule has 0 fully saturated rings. The Morgan fingerprint density at radius 1 is 0.304 bits per heavy atom. The normalized spacial score (nSPS) is 11.4. The number of hydrogen-bond acceptors (Lipinski definition) is 4. The minimum absolute atomic E-state index is 0.859. The Labute approximate surface area is 269 Å². The zero-order chi connectivity index (χ0) is 31.7. The first kappa shape index (κ1) is 30.2. The van der Waals surface area contributed by atoms with Gasteiger partial charge in [-0.3, -0.25) is 20.4 Å². The molecule has 0 unspecified atom stereocenters. The minimum Gasteiger partial charge on any atom is -0.282 e. The quantitative estimate of drug-likeness (QED) is 0.0854. The summed E-state index contributed by atoms with van der Waals surface area (Å²) in [6, 6.07) is 59.0. The summed E-state index contributed by atoms with van der Waals surface area (Å²) in [5.74, 6) is -1.72. The van der Waals surface area contributed by atoms with Crippen LogP contribution in [0.15, 0.2) is 182 Å². The first-order valence-electron chi connectivity index (χ1n) is 15.1. The summed E-state index contributed by atoms with van der Waals surface area (Å²) >= 11 is 0. The molecule has 0 aromatic heterocycles. The number of hydrogen-bond donors (Lipinski definition) is 4. The van der Waals surface area contributed by atoms with Gasteiger partial charge in [0.25, 0.3) is 0 Å². The molecule has 6 heteroatoms. The average Bonchev–Trinajstić information content (AvgIpc) is 3.14. The molecule has 0 atom stereocenters. The Hall–Kier alpha value is -5.82. The molecule has 6 aromatic rings. The van der Waals surface area contributed by atoms with Gasteiger partial charge in [-0.1, -0.05) is 182 Å². The van der Waals surface area contributed by atoms with E-state index < -0.39 is 22.9 Å². The van der Waals surface area contributed by atoms with Crippen molar-refractivity contribution in [2.75, 3.05) is 0 Å². The minimum atomic E-state index is -0.991. The van der Waals surface area contributed by atoms with E-state index in [0.29, 0.717) is 0 Å². The van der Waals surface area contributed by atoms with Crippen LogP contribution >= 0.6 is 0 Å². The van der Waals surface area contributed by atoms with E-state index in [1.165, 1.54) is 0 Å². The summed E-state index contributed by atoms with van der Waals surface area (Å²) in [6.45, 7) is 0. The molecular formula is C40H34N4O2. The second-order valence-electron chi connectivity index (χ2n) is 10.9. The smallest absolute Gasteiger partial charge is 0.282 e. The number of benzene rings is 6. The lowest BCUT2D eigenvalue weighted by Gasteiger charge is -2.37. The lowest BCUT2D eigenvalue weighted by atomic mass is 9.77. The van der Waals surface area contributed by atoms with E-state index in [9.17, 15) is 9.59 Å². The van der Waals surface area contributed by atoms with Gasteiger partial charge in [-0.15, -0.1) is 0 Å². The van der Waals surface area contributed by atoms with Crippen LogP contribution in [0, 0.1) is 0 Å². The summed E-state index contributed by atoms with van der Waals surface area (Å²) in [6.07, 6.45) is 0. The molecule has 6 aromatic carbocycles. The van der Waals surface area contributed by atoms with Crippen LogP contribution in [0.1, 0.15) is 33.4 Å². The van der Waals surface area contributed by atoms with Gasteiger partial charge >= 0.3 is 11.8 Å². The average molecular weight is 603 g/mol. The van der Waals surface area contributed by atoms with Crippen molar-refractivity contribution in [3.63, 3.8) is 0 Å². The molecule has 0 spiro atoms. The highest BCUT2D eigenvalue weighted by Crippen LogP contribution is 2.37. The fourth-order valence-electron chi connectivity index (χ4n) is 5.98. The number of carbonyl (C=O) groups is 2. The highest BCUT2D eigenvalue weighted by molar-refractivity contribution is 6.34. The molecular weight excluding hydrogens is 568 g/mol. The van der Waals surface area contributed by atoms with E-state index in [1.807, 2.05) is 182 Å². The molecule has 4 N–H and O–H groups in total. The van der Waals surface area contributed by atoms with Crippen molar-refractivity contribution >= 4 is 11.8 Å². The van der Waals surface area contributed by atoms with Gasteiger partial charge in [-0.05, 0) is 33.4 Å². The van der Waals surface area contributed by atoms with Gasteiger partial charge in [0.1, 0.15) is 11.1 Å². The van der Waals surface area contributed by atoms with Gasteiger partial charge in [0.05, 0.1) is 0 Å². The van der Waals surface area contributed by atoms with Crippen molar-refractivity contribution in [3.8, 4) is 0 Å². The fourth-order valence-corrected chi connectivity index (χ4v) is 5.98. The molecule has 0 heterocycles. The molecule has 0 saturated carbocycles. The van der Waals surface area contributed by atoms with Crippen molar-refractivity contribution < 1.29 is 9.59 Å². The second kappa shape index (κ2) is 13.9. The molecule has 226 valence electrons. The number of rotatable bonds is 10. The van der Waals surface area contributed by atoms with E-state index in [-0.39, 0.29) is 0 Å². The number of carbonyl (C=O) groups excluding carboxylic acids is 2. The lowest BCUT2D eigenvalue weighted by molar-refractivity contribution is -0.140. The summed E-state index contributed by atoms with van der Waals surface area (Å²) in [5.41, 5.74) is 15.4. The van der Waals surface area contributed by atoms with Crippen LogP contribution in [0.2, 0.25) is 0 Å². The van der Waals surface area contributed by atoms with Crippen molar-refractivity contribution in [2.45, 2.75) is 11.1 Å². The van der Waals surface area contributed by atoms with E-state index in [4.69, 9.17) is 0 Å². The van der Waals surface area contributed by atoms with Crippen molar-refractivity contribution in [2.24, 2.45) is 0 Å². The van der Waals surface area contributed by atoms with Gasteiger partial charge < -0.3 is 0 Å². The monoisotopic (exact) mass is 602 g/mol. The van der Waals surface area contributed by atoms with Gasteiger partial charge in [0, 0.05) is 0 Å². The molecule has 0 aliphatic rings. The van der Waals surface area contributed by atoms with E-state index in [1.54, 1.807) is 0 Å². The lowest BCUT2D eigenvalue weighted by Crippen LogP contribution is -2.60. The predicted molar refractivity (Wildman–Crippen MR) is 181 cm³/mol. The van der Waals surface area contributed by atoms with Crippen molar-refractivity contribution in [1.82, 2.24) is 21.7 Å². The molecule has 0 saturated heterocycles. The molecule has 2 amide bonds. The molecule has 46 heavy (non-hydrogen) atoms. The largest absolute Gasteiger partial charge is 0.324 e. The standard InChI is InChI=1S/C40H34N4O2/c45-37(41-43-39(31-19-7-1-8-20-31,32-21-9-2-10-22-32)33-23-11-3-12-24-33)38(46)42-44-40(34-25-13-4-14-26-34,35-27-15-5-16-28-35)36-29-17-6-18-30-36/h1-30,43-44H,(H,41,45)(H,42,46). The summed E-state index contributed by atoms with van der Waals surface area (Å²) in [5, 5.41) is 0. The first-order chi connectivity index (χ1) is 22.6. The van der Waals surface area contributed by atoms with E-state index >= 15 is 0 Å². The third-order valence-electron chi connectivity index (χ3n) is 8.17. The molecule has 6 nitrogen and oxygen atoms in total. The zero-order valence-corrected chi connectivity index (χ0v) is 25.1. The Morgan fingerprint density at radius 3 is 0.652 bits per heavy atom. The number of amides is 2. The Bertz CT molecular complexity index is 1520. The maximum absolute atomic E-state index is 13.6. The molecule has 0 aliphatic heterocycles. The summed E-state index contributed by atoms with van der Waals surface area (Å²) in [4.78, 5) is 27.2. The SMILES string of the molecule is O=C(NNC(c1ccccc1)(c1ccccc1)c1ccccc1)C(=O)NNC(c1ccccc1)(c1ccccc1)c1ccccc1.